The number of ether oxygens (including phenoxy) is 1. The Bertz CT molecular complexity index is 529. The molecule has 0 spiro atoms. The fourth-order valence-electron chi connectivity index (χ4n) is 2.11. The van der Waals surface area contributed by atoms with Gasteiger partial charge in [-0.15, -0.1) is 0 Å². The molecule has 0 amide bonds. The van der Waals surface area contributed by atoms with Crippen molar-refractivity contribution in [3.05, 3.63) is 24.4 Å². The second-order valence-electron chi connectivity index (χ2n) is 5.06. The van der Waals surface area contributed by atoms with Crippen LogP contribution < -0.4 is 10.1 Å². The Labute approximate surface area is 123 Å². The van der Waals surface area contributed by atoms with Crippen molar-refractivity contribution in [3.63, 3.8) is 0 Å². The summed E-state index contributed by atoms with van der Waals surface area (Å²) in [6.07, 6.45) is 3.57. The van der Waals surface area contributed by atoms with Crippen molar-refractivity contribution in [2.45, 2.75) is 38.8 Å². The van der Waals surface area contributed by atoms with Gasteiger partial charge in [0.1, 0.15) is 18.5 Å². The van der Waals surface area contributed by atoms with Crippen molar-refractivity contribution in [2.75, 3.05) is 13.2 Å². The highest BCUT2D eigenvalue weighted by atomic mass is 32.1. The Hall–Kier alpha value is -1.17. The van der Waals surface area contributed by atoms with Gasteiger partial charge in [0.05, 0.1) is 16.3 Å². The van der Waals surface area contributed by atoms with Gasteiger partial charge in [-0.3, -0.25) is 0 Å². The van der Waals surface area contributed by atoms with Gasteiger partial charge < -0.3 is 15.2 Å². The second kappa shape index (κ2) is 7.57. The predicted molar refractivity (Wildman–Crippen MR) is 83.5 cm³/mol. The van der Waals surface area contributed by atoms with Crippen molar-refractivity contribution in [1.29, 1.82) is 0 Å². The van der Waals surface area contributed by atoms with E-state index < -0.39 is 6.10 Å². The number of nitrogens with one attached hydrogen (secondary N) is 1. The third kappa shape index (κ3) is 4.16. The van der Waals surface area contributed by atoms with E-state index in [2.05, 4.69) is 23.5 Å². The number of aromatic nitrogens is 1. The summed E-state index contributed by atoms with van der Waals surface area (Å²) in [6, 6.07) is 6.31. The average Bonchev–Trinajstić information content (AvgIpc) is 2.92. The monoisotopic (exact) mass is 294 g/mol. The molecule has 5 heteroatoms. The van der Waals surface area contributed by atoms with Crippen LogP contribution in [0.15, 0.2) is 24.4 Å². The first-order chi connectivity index (χ1) is 9.70. The summed E-state index contributed by atoms with van der Waals surface area (Å²) in [5.41, 5.74) is 0. The van der Waals surface area contributed by atoms with Crippen LogP contribution in [0.25, 0.3) is 10.1 Å². The number of hydrogen-bond donors (Lipinski definition) is 2. The topological polar surface area (TPSA) is 54.4 Å². The SMILES string of the molecule is CCCC(C)NCC(O)COc1cccc2sncc12. The molecule has 2 atom stereocenters. The Kier molecular flexibility index (Phi) is 5.76. The van der Waals surface area contributed by atoms with E-state index >= 15 is 0 Å². The molecule has 2 unspecified atom stereocenters. The van der Waals surface area contributed by atoms with Gasteiger partial charge >= 0.3 is 0 Å². The number of benzene rings is 1. The minimum absolute atomic E-state index is 0.292. The van der Waals surface area contributed by atoms with Crippen molar-refractivity contribution in [3.8, 4) is 5.75 Å². The number of fused-ring (bicyclic) bond motifs is 1. The van der Waals surface area contributed by atoms with E-state index in [-0.39, 0.29) is 0 Å². The smallest absolute Gasteiger partial charge is 0.129 e. The maximum Gasteiger partial charge on any atom is 0.129 e. The van der Waals surface area contributed by atoms with E-state index in [1.165, 1.54) is 11.5 Å². The Balaban J connectivity index is 1.81. The molecule has 0 aliphatic carbocycles. The van der Waals surface area contributed by atoms with Crippen LogP contribution in [0.2, 0.25) is 0 Å². The zero-order valence-electron chi connectivity index (χ0n) is 12.0. The Morgan fingerprint density at radius 3 is 3.10 bits per heavy atom. The fourth-order valence-corrected chi connectivity index (χ4v) is 2.77. The molecule has 0 bridgehead atoms. The molecule has 4 nitrogen and oxygen atoms in total. The summed E-state index contributed by atoms with van der Waals surface area (Å²) in [4.78, 5) is 0. The van der Waals surface area contributed by atoms with Crippen molar-refractivity contribution in [2.24, 2.45) is 0 Å². The first-order valence-electron chi connectivity index (χ1n) is 7.08. The zero-order chi connectivity index (χ0) is 14.4. The first kappa shape index (κ1) is 15.2. The van der Waals surface area contributed by atoms with Crippen LogP contribution in [0.5, 0.6) is 5.75 Å². The van der Waals surface area contributed by atoms with Gasteiger partial charge in [-0.1, -0.05) is 19.4 Å². The summed E-state index contributed by atoms with van der Waals surface area (Å²) in [5.74, 6) is 0.789. The van der Waals surface area contributed by atoms with E-state index in [1.54, 1.807) is 0 Å². The molecule has 0 saturated carbocycles. The number of nitrogens with zero attached hydrogens (tertiary/aromatic N) is 1. The largest absolute Gasteiger partial charge is 0.490 e. The molecule has 1 heterocycles. The highest BCUT2D eigenvalue weighted by Gasteiger charge is 2.09. The maximum absolute atomic E-state index is 9.95. The van der Waals surface area contributed by atoms with Crippen molar-refractivity contribution < 1.29 is 9.84 Å². The molecule has 2 rings (SSSR count). The minimum Gasteiger partial charge on any atom is -0.490 e. The van der Waals surface area contributed by atoms with E-state index in [9.17, 15) is 5.11 Å². The third-order valence-corrected chi connectivity index (χ3v) is 3.98. The molecule has 2 aromatic rings. The predicted octanol–water partition coefficient (Wildman–Crippen LogP) is 2.81. The number of aliphatic hydroxyl groups is 1. The zero-order valence-corrected chi connectivity index (χ0v) is 12.8. The summed E-state index contributed by atoms with van der Waals surface area (Å²) in [7, 11) is 0. The van der Waals surface area contributed by atoms with E-state index in [0.717, 1.165) is 28.7 Å². The number of hydrogen-bond acceptors (Lipinski definition) is 5. The number of rotatable bonds is 8. The Morgan fingerprint density at radius 1 is 1.45 bits per heavy atom. The molecule has 0 saturated heterocycles. The van der Waals surface area contributed by atoms with E-state index in [0.29, 0.717) is 19.2 Å². The van der Waals surface area contributed by atoms with Gasteiger partial charge in [0, 0.05) is 12.6 Å². The molecular weight excluding hydrogens is 272 g/mol. The summed E-state index contributed by atoms with van der Waals surface area (Å²) in [5, 5.41) is 14.3. The van der Waals surface area contributed by atoms with Crippen LogP contribution in [0.3, 0.4) is 0 Å². The minimum atomic E-state index is -0.504. The lowest BCUT2D eigenvalue weighted by atomic mass is 10.2. The highest BCUT2D eigenvalue weighted by Crippen LogP contribution is 2.27. The summed E-state index contributed by atoms with van der Waals surface area (Å²) < 4.78 is 11.0. The summed E-state index contributed by atoms with van der Waals surface area (Å²) in [6.45, 7) is 5.14. The molecule has 20 heavy (non-hydrogen) atoms. The van der Waals surface area contributed by atoms with Crippen molar-refractivity contribution >= 4 is 21.6 Å². The normalized spacial score (nSPS) is 14.3. The molecule has 1 aromatic carbocycles. The lowest BCUT2D eigenvalue weighted by Crippen LogP contribution is -2.36. The maximum atomic E-state index is 9.95. The van der Waals surface area contributed by atoms with E-state index in [1.807, 2.05) is 24.4 Å². The summed E-state index contributed by atoms with van der Waals surface area (Å²) >= 11 is 1.45. The second-order valence-corrected chi connectivity index (χ2v) is 5.89. The van der Waals surface area contributed by atoms with Gasteiger partial charge in [-0.05, 0) is 37.0 Å². The molecule has 0 radical (unpaired) electrons. The van der Waals surface area contributed by atoms with Gasteiger partial charge in [-0.25, -0.2) is 0 Å². The first-order valence-corrected chi connectivity index (χ1v) is 7.85. The van der Waals surface area contributed by atoms with Crippen LogP contribution in [0.4, 0.5) is 0 Å². The molecule has 0 aliphatic heterocycles. The third-order valence-electron chi connectivity index (χ3n) is 3.21. The molecular formula is C15H22N2O2S. The lowest BCUT2D eigenvalue weighted by molar-refractivity contribution is 0.104. The molecule has 1 aromatic heterocycles. The van der Waals surface area contributed by atoms with Gasteiger partial charge in [0.2, 0.25) is 0 Å². The average molecular weight is 294 g/mol. The standard InChI is InChI=1S/C15H22N2O2S/c1-3-5-11(2)16-8-12(18)10-19-14-6-4-7-15-13(14)9-17-20-15/h4,6-7,9,11-12,16,18H,3,5,8,10H2,1-2H3. The van der Waals surface area contributed by atoms with Crippen LogP contribution in [-0.4, -0.2) is 34.8 Å². The van der Waals surface area contributed by atoms with E-state index in [4.69, 9.17) is 4.74 Å². The molecule has 0 aliphatic rings. The van der Waals surface area contributed by atoms with Gasteiger partial charge in [0.25, 0.3) is 0 Å². The van der Waals surface area contributed by atoms with Gasteiger partial charge in [-0.2, -0.15) is 4.37 Å². The van der Waals surface area contributed by atoms with Crippen LogP contribution >= 0.6 is 11.5 Å². The quantitative estimate of drug-likeness (QED) is 0.786. The van der Waals surface area contributed by atoms with Gasteiger partial charge in [0.15, 0.2) is 0 Å². The lowest BCUT2D eigenvalue weighted by Gasteiger charge is -2.17. The Morgan fingerprint density at radius 2 is 2.30 bits per heavy atom. The molecule has 2 N–H and O–H groups in total. The van der Waals surface area contributed by atoms with Crippen LogP contribution in [-0.2, 0) is 0 Å². The van der Waals surface area contributed by atoms with Crippen LogP contribution in [0.1, 0.15) is 26.7 Å². The number of aliphatic hydroxyl groups excluding tert-OH is 1. The van der Waals surface area contributed by atoms with Crippen molar-refractivity contribution in [1.82, 2.24) is 9.69 Å². The highest BCUT2D eigenvalue weighted by molar-refractivity contribution is 7.13. The fraction of sp³-hybridized carbons (Fsp3) is 0.533. The molecule has 110 valence electrons. The van der Waals surface area contributed by atoms with Crippen LogP contribution in [0, 0.1) is 0 Å². The molecule has 0 fully saturated rings.